The third-order valence-corrected chi connectivity index (χ3v) is 4.40. The average Bonchev–Trinajstić information content (AvgIpc) is 2.73. The van der Waals surface area contributed by atoms with Crippen LogP contribution in [0.4, 0.5) is 5.69 Å². The van der Waals surface area contributed by atoms with Gasteiger partial charge in [0.25, 0.3) is 0 Å². The fraction of sp³-hybridized carbons (Fsp3) is 0.533. The van der Waals surface area contributed by atoms with E-state index in [1.165, 1.54) is 25.7 Å². The number of nitrogen functional groups attached to an aromatic ring is 1. The van der Waals surface area contributed by atoms with Gasteiger partial charge >= 0.3 is 0 Å². The fourth-order valence-electron chi connectivity index (χ4n) is 3.24. The van der Waals surface area contributed by atoms with E-state index in [2.05, 4.69) is 24.9 Å². The highest BCUT2D eigenvalue weighted by Crippen LogP contribution is 2.46. The molecular formula is C15H21N3. The third kappa shape index (κ3) is 1.78. The first kappa shape index (κ1) is 11.6. The molecule has 0 saturated heterocycles. The predicted octanol–water partition coefficient (Wildman–Crippen LogP) is 3.83. The summed E-state index contributed by atoms with van der Waals surface area (Å²) in [5.74, 6) is 1.64. The Labute approximate surface area is 108 Å². The van der Waals surface area contributed by atoms with Crippen molar-refractivity contribution in [1.82, 2.24) is 9.97 Å². The Morgan fingerprint density at radius 1 is 1.33 bits per heavy atom. The Balaban J connectivity index is 2.06. The molecule has 0 bridgehead atoms. The van der Waals surface area contributed by atoms with Crippen LogP contribution in [0.15, 0.2) is 18.2 Å². The van der Waals surface area contributed by atoms with Gasteiger partial charge in [0, 0.05) is 5.92 Å². The van der Waals surface area contributed by atoms with Crippen LogP contribution in [0, 0.1) is 5.41 Å². The molecule has 0 radical (unpaired) electrons. The van der Waals surface area contributed by atoms with E-state index >= 15 is 0 Å². The van der Waals surface area contributed by atoms with Crippen molar-refractivity contribution < 1.29 is 0 Å². The number of hydrogen-bond acceptors (Lipinski definition) is 2. The second kappa shape index (κ2) is 4.01. The van der Waals surface area contributed by atoms with E-state index in [9.17, 15) is 0 Å². The van der Waals surface area contributed by atoms with E-state index in [0.717, 1.165) is 22.5 Å². The Morgan fingerprint density at radius 3 is 2.89 bits per heavy atom. The number of fused-ring (bicyclic) bond motifs is 1. The molecule has 18 heavy (non-hydrogen) atoms. The normalized spacial score (nSPS) is 23.3. The molecule has 1 aromatic carbocycles. The molecule has 1 atom stereocenters. The highest BCUT2D eigenvalue weighted by atomic mass is 14.9. The van der Waals surface area contributed by atoms with Gasteiger partial charge in [0.1, 0.15) is 11.3 Å². The number of nitrogens with zero attached hydrogens (tertiary/aromatic N) is 1. The first-order valence-electron chi connectivity index (χ1n) is 6.82. The molecule has 3 N–H and O–H groups in total. The van der Waals surface area contributed by atoms with Crippen LogP contribution in [0.25, 0.3) is 11.0 Å². The molecular weight excluding hydrogens is 222 g/mol. The second-order valence-corrected chi connectivity index (χ2v) is 6.15. The molecule has 0 amide bonds. The maximum Gasteiger partial charge on any atom is 0.111 e. The van der Waals surface area contributed by atoms with Gasteiger partial charge in [-0.1, -0.05) is 32.8 Å². The Hall–Kier alpha value is -1.51. The van der Waals surface area contributed by atoms with Gasteiger partial charge in [-0.05, 0) is 30.4 Å². The molecule has 1 fully saturated rings. The first-order chi connectivity index (χ1) is 8.58. The van der Waals surface area contributed by atoms with Gasteiger partial charge in [0.05, 0.1) is 11.2 Å². The molecule has 1 aliphatic rings. The topological polar surface area (TPSA) is 54.7 Å². The summed E-state index contributed by atoms with van der Waals surface area (Å²) in [5, 5.41) is 0. The van der Waals surface area contributed by atoms with Gasteiger partial charge < -0.3 is 10.7 Å². The summed E-state index contributed by atoms with van der Waals surface area (Å²) in [4.78, 5) is 8.22. The van der Waals surface area contributed by atoms with E-state index in [1.807, 2.05) is 12.1 Å². The summed E-state index contributed by atoms with van der Waals surface area (Å²) in [6.07, 6.45) is 5.16. The zero-order valence-corrected chi connectivity index (χ0v) is 11.2. The second-order valence-electron chi connectivity index (χ2n) is 6.15. The summed E-state index contributed by atoms with van der Waals surface area (Å²) in [5.41, 5.74) is 9.07. The summed E-state index contributed by atoms with van der Waals surface area (Å²) in [6, 6.07) is 5.95. The number of nitrogens with two attached hydrogens (primary N) is 1. The molecule has 3 nitrogen and oxygen atoms in total. The van der Waals surface area contributed by atoms with Gasteiger partial charge in [0.15, 0.2) is 0 Å². The van der Waals surface area contributed by atoms with Crippen LogP contribution in [-0.4, -0.2) is 9.97 Å². The van der Waals surface area contributed by atoms with Gasteiger partial charge in [-0.25, -0.2) is 4.98 Å². The molecule has 1 aliphatic carbocycles. The van der Waals surface area contributed by atoms with Crippen molar-refractivity contribution in [3.05, 3.63) is 24.0 Å². The molecule has 1 heterocycles. The van der Waals surface area contributed by atoms with Crippen LogP contribution >= 0.6 is 0 Å². The van der Waals surface area contributed by atoms with E-state index in [4.69, 9.17) is 10.7 Å². The lowest BCUT2D eigenvalue weighted by atomic mass is 9.68. The van der Waals surface area contributed by atoms with Gasteiger partial charge in [-0.2, -0.15) is 0 Å². The molecule has 3 heteroatoms. The van der Waals surface area contributed by atoms with Crippen molar-refractivity contribution in [1.29, 1.82) is 0 Å². The maximum absolute atomic E-state index is 5.98. The number of rotatable bonds is 1. The monoisotopic (exact) mass is 243 g/mol. The van der Waals surface area contributed by atoms with Crippen molar-refractivity contribution in [3.63, 3.8) is 0 Å². The van der Waals surface area contributed by atoms with Crippen molar-refractivity contribution >= 4 is 16.7 Å². The Morgan fingerprint density at radius 2 is 2.17 bits per heavy atom. The number of imidazole rings is 1. The van der Waals surface area contributed by atoms with Crippen LogP contribution < -0.4 is 5.73 Å². The van der Waals surface area contributed by atoms with E-state index < -0.39 is 0 Å². The maximum atomic E-state index is 5.98. The van der Waals surface area contributed by atoms with E-state index in [-0.39, 0.29) is 0 Å². The smallest absolute Gasteiger partial charge is 0.111 e. The van der Waals surface area contributed by atoms with Gasteiger partial charge in [0.2, 0.25) is 0 Å². The molecule has 0 aliphatic heterocycles. The SMILES string of the molecule is CC1(C)CCCCC1c1nc2c(N)cccc2[nH]1. The number of anilines is 1. The minimum atomic E-state index is 0.334. The van der Waals surface area contributed by atoms with Crippen LogP contribution in [0.3, 0.4) is 0 Å². The lowest BCUT2D eigenvalue weighted by molar-refractivity contribution is 0.193. The van der Waals surface area contributed by atoms with Crippen molar-refractivity contribution in [2.45, 2.75) is 45.4 Å². The quantitative estimate of drug-likeness (QED) is 0.748. The standard InChI is InChI=1S/C15H21N3/c1-15(2)9-4-3-6-10(15)14-17-12-8-5-7-11(16)13(12)18-14/h5,7-8,10H,3-4,6,9,16H2,1-2H3,(H,17,18). The summed E-state index contributed by atoms with van der Waals surface area (Å²) in [7, 11) is 0. The van der Waals surface area contributed by atoms with E-state index in [0.29, 0.717) is 11.3 Å². The molecule has 2 aromatic rings. The molecule has 1 unspecified atom stereocenters. The number of nitrogens with one attached hydrogen (secondary N) is 1. The van der Waals surface area contributed by atoms with Crippen LogP contribution in [0.1, 0.15) is 51.3 Å². The Bertz CT molecular complexity index is 568. The zero-order valence-electron chi connectivity index (χ0n) is 11.2. The Kier molecular flexibility index (Phi) is 2.58. The molecule has 0 spiro atoms. The van der Waals surface area contributed by atoms with Crippen LogP contribution in [-0.2, 0) is 0 Å². The van der Waals surface area contributed by atoms with Crippen molar-refractivity contribution in [2.75, 3.05) is 5.73 Å². The molecule has 1 saturated carbocycles. The highest BCUT2D eigenvalue weighted by molar-refractivity contribution is 5.86. The fourth-order valence-corrected chi connectivity index (χ4v) is 3.24. The lowest BCUT2D eigenvalue weighted by Crippen LogP contribution is -2.26. The number of aromatic nitrogens is 2. The number of H-pyrrole nitrogens is 1. The minimum absolute atomic E-state index is 0.334. The minimum Gasteiger partial charge on any atom is -0.397 e. The number of para-hydroxylation sites is 1. The van der Waals surface area contributed by atoms with Crippen LogP contribution in [0.2, 0.25) is 0 Å². The number of hydrogen-bond donors (Lipinski definition) is 2. The largest absolute Gasteiger partial charge is 0.397 e. The third-order valence-electron chi connectivity index (χ3n) is 4.40. The predicted molar refractivity (Wildman–Crippen MR) is 75.5 cm³/mol. The van der Waals surface area contributed by atoms with Gasteiger partial charge in [-0.15, -0.1) is 0 Å². The number of benzene rings is 1. The van der Waals surface area contributed by atoms with Crippen molar-refractivity contribution in [2.24, 2.45) is 5.41 Å². The highest BCUT2D eigenvalue weighted by Gasteiger charge is 2.35. The average molecular weight is 243 g/mol. The van der Waals surface area contributed by atoms with Gasteiger partial charge in [-0.3, -0.25) is 0 Å². The van der Waals surface area contributed by atoms with Crippen molar-refractivity contribution in [3.8, 4) is 0 Å². The van der Waals surface area contributed by atoms with E-state index in [1.54, 1.807) is 0 Å². The first-order valence-corrected chi connectivity index (χ1v) is 6.82. The lowest BCUT2D eigenvalue weighted by Gasteiger charge is -2.37. The summed E-state index contributed by atoms with van der Waals surface area (Å²) in [6.45, 7) is 4.71. The molecule has 96 valence electrons. The summed E-state index contributed by atoms with van der Waals surface area (Å²) < 4.78 is 0. The molecule has 1 aromatic heterocycles. The molecule has 3 rings (SSSR count). The zero-order chi connectivity index (χ0) is 12.8. The summed E-state index contributed by atoms with van der Waals surface area (Å²) >= 11 is 0. The number of aromatic amines is 1. The van der Waals surface area contributed by atoms with Crippen LogP contribution in [0.5, 0.6) is 0 Å².